The zero-order chi connectivity index (χ0) is 13.6. The highest BCUT2D eigenvalue weighted by Gasteiger charge is 2.21. The maximum absolute atomic E-state index is 11.7. The van der Waals surface area contributed by atoms with Gasteiger partial charge in [-0.15, -0.1) is 0 Å². The summed E-state index contributed by atoms with van der Waals surface area (Å²) in [5, 5.41) is 10.9. The Kier molecular flexibility index (Phi) is 6.01. The largest absolute Gasteiger partial charge is 0.480 e. The van der Waals surface area contributed by atoms with Gasteiger partial charge in [0, 0.05) is 6.54 Å². The predicted molar refractivity (Wildman–Crippen MR) is 61.2 cm³/mol. The lowest BCUT2D eigenvalue weighted by atomic mass is 10.2. The maximum atomic E-state index is 11.7. The van der Waals surface area contributed by atoms with Crippen molar-refractivity contribution in [3.05, 3.63) is 0 Å². The molecular weight excluding hydrogens is 226 g/mol. The molecule has 0 aliphatic carbocycles. The Hall–Kier alpha value is -1.79. The summed E-state index contributed by atoms with van der Waals surface area (Å²) in [4.78, 5) is 34.3. The number of hydrogen-bond donors (Lipinski definition) is 3. The summed E-state index contributed by atoms with van der Waals surface area (Å²) < 4.78 is 0. The van der Waals surface area contributed by atoms with E-state index < -0.39 is 23.9 Å². The number of nitrogens with one attached hydrogen (secondary N) is 1. The van der Waals surface area contributed by atoms with Crippen LogP contribution in [0.3, 0.4) is 0 Å². The van der Waals surface area contributed by atoms with E-state index in [1.165, 1.54) is 11.8 Å². The molecule has 0 aromatic rings. The van der Waals surface area contributed by atoms with Crippen LogP contribution >= 0.6 is 0 Å². The Bertz CT molecular complexity index is 304. The van der Waals surface area contributed by atoms with E-state index >= 15 is 0 Å². The number of urea groups is 1. The molecule has 98 valence electrons. The van der Waals surface area contributed by atoms with Crippen LogP contribution in [0.2, 0.25) is 0 Å². The molecule has 1 atom stereocenters. The molecule has 0 aromatic heterocycles. The molecule has 0 heterocycles. The average Bonchev–Trinajstić information content (AvgIpc) is 2.14. The fraction of sp³-hybridized carbons (Fsp3) is 0.700. The first-order valence-electron chi connectivity index (χ1n) is 5.30. The van der Waals surface area contributed by atoms with Crippen LogP contribution < -0.4 is 11.1 Å². The molecule has 0 unspecified atom stereocenters. The fourth-order valence-electron chi connectivity index (χ4n) is 1.19. The van der Waals surface area contributed by atoms with Crippen molar-refractivity contribution in [1.82, 2.24) is 10.2 Å². The molecule has 0 bridgehead atoms. The van der Waals surface area contributed by atoms with Crippen molar-refractivity contribution in [2.24, 2.45) is 11.7 Å². The second-order valence-electron chi connectivity index (χ2n) is 4.25. The average molecular weight is 245 g/mol. The van der Waals surface area contributed by atoms with Gasteiger partial charge in [0.2, 0.25) is 5.91 Å². The first kappa shape index (κ1) is 15.2. The number of nitrogens with two attached hydrogens (primary N) is 1. The number of carboxylic acids is 1. The number of amides is 3. The number of carbonyl (C=O) groups excluding carboxylic acids is 2. The molecule has 0 saturated heterocycles. The molecular formula is C10H19N3O4. The third-order valence-corrected chi connectivity index (χ3v) is 1.93. The Morgan fingerprint density at radius 1 is 1.29 bits per heavy atom. The van der Waals surface area contributed by atoms with Crippen LogP contribution in [0.25, 0.3) is 0 Å². The summed E-state index contributed by atoms with van der Waals surface area (Å²) in [7, 11) is 0. The minimum Gasteiger partial charge on any atom is -0.480 e. The van der Waals surface area contributed by atoms with E-state index in [1.54, 1.807) is 0 Å². The van der Waals surface area contributed by atoms with Gasteiger partial charge in [-0.25, -0.2) is 4.79 Å². The van der Waals surface area contributed by atoms with Crippen molar-refractivity contribution in [2.75, 3.05) is 13.1 Å². The molecule has 7 nitrogen and oxygen atoms in total. The highest BCUT2D eigenvalue weighted by Crippen LogP contribution is 1.99. The van der Waals surface area contributed by atoms with Crippen LogP contribution in [-0.4, -0.2) is 47.0 Å². The lowest BCUT2D eigenvalue weighted by molar-refractivity contribution is -0.138. The van der Waals surface area contributed by atoms with E-state index in [1.807, 2.05) is 13.8 Å². The molecule has 0 saturated carbocycles. The van der Waals surface area contributed by atoms with Gasteiger partial charge in [0.25, 0.3) is 0 Å². The van der Waals surface area contributed by atoms with E-state index in [0.717, 1.165) is 0 Å². The molecule has 17 heavy (non-hydrogen) atoms. The van der Waals surface area contributed by atoms with Crippen LogP contribution in [0.5, 0.6) is 0 Å². The number of rotatable bonds is 6. The SMILES string of the molecule is CC(C)CN(CC(N)=O)C(=O)N[C@@H](C)C(=O)O. The second kappa shape index (κ2) is 6.72. The van der Waals surface area contributed by atoms with Gasteiger partial charge in [0.05, 0.1) is 0 Å². The molecule has 3 amide bonds. The second-order valence-corrected chi connectivity index (χ2v) is 4.25. The molecule has 0 aliphatic heterocycles. The maximum Gasteiger partial charge on any atom is 0.325 e. The molecule has 0 aliphatic rings. The minimum atomic E-state index is -1.14. The monoisotopic (exact) mass is 245 g/mol. The molecule has 0 aromatic carbocycles. The zero-order valence-electron chi connectivity index (χ0n) is 10.3. The summed E-state index contributed by atoms with van der Waals surface area (Å²) in [5.41, 5.74) is 5.02. The van der Waals surface area contributed by atoms with E-state index in [4.69, 9.17) is 10.8 Å². The van der Waals surface area contributed by atoms with Crippen LogP contribution in [0, 0.1) is 5.92 Å². The zero-order valence-corrected chi connectivity index (χ0v) is 10.3. The van der Waals surface area contributed by atoms with Gasteiger partial charge in [-0.2, -0.15) is 0 Å². The standard InChI is InChI=1S/C10H19N3O4/c1-6(2)4-13(5-8(11)14)10(17)12-7(3)9(15)16/h6-7H,4-5H2,1-3H3,(H2,11,14)(H,12,17)(H,15,16)/t7-/m0/s1. The number of carbonyl (C=O) groups is 3. The third kappa shape index (κ3) is 6.39. The van der Waals surface area contributed by atoms with Crippen molar-refractivity contribution < 1.29 is 19.5 Å². The number of carboxylic acid groups (broad SMARTS) is 1. The molecule has 0 radical (unpaired) electrons. The van der Waals surface area contributed by atoms with Gasteiger partial charge < -0.3 is 21.1 Å². The molecule has 0 fully saturated rings. The topological polar surface area (TPSA) is 113 Å². The molecule has 0 spiro atoms. The number of aliphatic carboxylic acids is 1. The lowest BCUT2D eigenvalue weighted by Crippen LogP contribution is -2.50. The molecule has 4 N–H and O–H groups in total. The summed E-state index contributed by atoms with van der Waals surface area (Å²) >= 11 is 0. The minimum absolute atomic E-state index is 0.153. The van der Waals surface area contributed by atoms with Crippen LogP contribution in [0.15, 0.2) is 0 Å². The van der Waals surface area contributed by atoms with Gasteiger partial charge in [-0.05, 0) is 12.8 Å². The van der Waals surface area contributed by atoms with Crippen molar-refractivity contribution >= 4 is 17.9 Å². The van der Waals surface area contributed by atoms with E-state index in [2.05, 4.69) is 5.32 Å². The van der Waals surface area contributed by atoms with Crippen molar-refractivity contribution in [3.63, 3.8) is 0 Å². The Morgan fingerprint density at radius 3 is 2.18 bits per heavy atom. The number of primary amides is 1. The Labute approximate surface area is 100.0 Å². The van der Waals surface area contributed by atoms with Gasteiger partial charge in [0.1, 0.15) is 12.6 Å². The lowest BCUT2D eigenvalue weighted by Gasteiger charge is -2.24. The third-order valence-electron chi connectivity index (χ3n) is 1.93. The quantitative estimate of drug-likeness (QED) is 0.591. The van der Waals surface area contributed by atoms with Crippen LogP contribution in [0.4, 0.5) is 4.79 Å². The van der Waals surface area contributed by atoms with E-state index in [9.17, 15) is 14.4 Å². The molecule has 7 heteroatoms. The Morgan fingerprint density at radius 2 is 1.82 bits per heavy atom. The number of hydrogen-bond acceptors (Lipinski definition) is 3. The first-order chi connectivity index (χ1) is 7.73. The summed E-state index contributed by atoms with van der Waals surface area (Å²) in [6.07, 6.45) is 0. The van der Waals surface area contributed by atoms with Crippen molar-refractivity contribution in [1.29, 1.82) is 0 Å². The highest BCUT2D eigenvalue weighted by atomic mass is 16.4. The predicted octanol–water partition coefficient (Wildman–Crippen LogP) is -0.388. The van der Waals surface area contributed by atoms with Gasteiger partial charge in [0.15, 0.2) is 0 Å². The van der Waals surface area contributed by atoms with Crippen LogP contribution in [-0.2, 0) is 9.59 Å². The Balaban J connectivity index is 4.51. The van der Waals surface area contributed by atoms with Crippen molar-refractivity contribution in [2.45, 2.75) is 26.8 Å². The van der Waals surface area contributed by atoms with Gasteiger partial charge in [-0.1, -0.05) is 13.8 Å². The number of nitrogens with zero attached hydrogens (tertiary/aromatic N) is 1. The molecule has 0 rings (SSSR count). The normalized spacial score (nSPS) is 12.0. The summed E-state index contributed by atoms with van der Waals surface area (Å²) in [6, 6.07) is -1.61. The van der Waals surface area contributed by atoms with Gasteiger partial charge >= 0.3 is 12.0 Å². The first-order valence-corrected chi connectivity index (χ1v) is 5.30. The smallest absolute Gasteiger partial charge is 0.325 e. The van der Waals surface area contributed by atoms with Crippen molar-refractivity contribution in [3.8, 4) is 0 Å². The van der Waals surface area contributed by atoms with E-state index in [-0.39, 0.29) is 12.5 Å². The van der Waals surface area contributed by atoms with Gasteiger partial charge in [-0.3, -0.25) is 9.59 Å². The fourth-order valence-corrected chi connectivity index (χ4v) is 1.19. The summed E-state index contributed by atoms with van der Waals surface area (Å²) in [5.74, 6) is -1.62. The van der Waals surface area contributed by atoms with Crippen LogP contribution in [0.1, 0.15) is 20.8 Å². The highest BCUT2D eigenvalue weighted by molar-refractivity contribution is 5.85. The van der Waals surface area contributed by atoms with E-state index in [0.29, 0.717) is 6.54 Å². The summed E-state index contributed by atoms with van der Waals surface area (Å²) in [6.45, 7) is 5.21.